The lowest BCUT2D eigenvalue weighted by Crippen LogP contribution is -2.29. The minimum absolute atomic E-state index is 0.00961. The normalized spacial score (nSPS) is 13.5. The zero-order valence-electron chi connectivity index (χ0n) is 15.0. The third-order valence-corrected chi connectivity index (χ3v) is 4.62. The van der Waals surface area contributed by atoms with Crippen LogP contribution < -0.4 is 10.1 Å². The van der Waals surface area contributed by atoms with Gasteiger partial charge in [0.25, 0.3) is 11.8 Å². The fourth-order valence-electron chi connectivity index (χ4n) is 3.11. The minimum atomic E-state index is -0.158. The summed E-state index contributed by atoms with van der Waals surface area (Å²) >= 11 is 0. The van der Waals surface area contributed by atoms with Crippen molar-refractivity contribution < 1.29 is 14.3 Å². The maximum absolute atomic E-state index is 12.5. The number of carbonyl (C=O) groups is 2. The summed E-state index contributed by atoms with van der Waals surface area (Å²) in [6.45, 7) is 2.14. The molecule has 2 aromatic carbocycles. The van der Waals surface area contributed by atoms with Crippen molar-refractivity contribution >= 4 is 11.8 Å². The molecule has 136 valence electrons. The van der Waals surface area contributed by atoms with E-state index in [1.54, 1.807) is 31.4 Å². The van der Waals surface area contributed by atoms with Crippen LogP contribution in [0.1, 0.15) is 39.1 Å². The summed E-state index contributed by atoms with van der Waals surface area (Å²) in [5.74, 6) is 0.669. The first-order chi connectivity index (χ1) is 12.7. The van der Waals surface area contributed by atoms with Crippen LogP contribution in [0.3, 0.4) is 0 Å². The van der Waals surface area contributed by atoms with Crippen LogP contribution >= 0.6 is 0 Å². The lowest BCUT2D eigenvalue weighted by molar-refractivity contribution is 0.0793. The van der Waals surface area contributed by atoms with Crippen molar-refractivity contribution in [3.8, 4) is 5.75 Å². The number of nitrogens with one attached hydrogen (secondary N) is 1. The Kier molecular flexibility index (Phi) is 5.89. The molecule has 1 heterocycles. The quantitative estimate of drug-likeness (QED) is 0.870. The van der Waals surface area contributed by atoms with Crippen molar-refractivity contribution in [3.05, 3.63) is 65.2 Å². The average molecular weight is 352 g/mol. The molecular formula is C21H24N2O3. The highest BCUT2D eigenvalue weighted by Gasteiger charge is 2.20. The molecule has 0 saturated carbocycles. The Morgan fingerprint density at radius 2 is 1.73 bits per heavy atom. The van der Waals surface area contributed by atoms with Crippen LogP contribution in [0, 0.1) is 0 Å². The maximum atomic E-state index is 12.5. The van der Waals surface area contributed by atoms with E-state index < -0.39 is 0 Å². The first-order valence-electron chi connectivity index (χ1n) is 8.98. The van der Waals surface area contributed by atoms with E-state index in [9.17, 15) is 9.59 Å². The molecule has 0 atom stereocenters. The zero-order valence-corrected chi connectivity index (χ0v) is 15.0. The number of ether oxygens (including phenoxy) is 1. The molecule has 0 radical (unpaired) electrons. The van der Waals surface area contributed by atoms with Crippen LogP contribution in [0.25, 0.3) is 0 Å². The van der Waals surface area contributed by atoms with Crippen molar-refractivity contribution in [1.29, 1.82) is 0 Å². The van der Waals surface area contributed by atoms with Gasteiger partial charge in [-0.3, -0.25) is 9.59 Å². The number of nitrogens with zero attached hydrogens (tertiary/aromatic N) is 1. The van der Waals surface area contributed by atoms with E-state index in [0.717, 1.165) is 43.7 Å². The second kappa shape index (κ2) is 8.52. The lowest BCUT2D eigenvalue weighted by atomic mass is 10.1. The Labute approximate surface area is 154 Å². The van der Waals surface area contributed by atoms with Gasteiger partial charge in [-0.25, -0.2) is 0 Å². The van der Waals surface area contributed by atoms with E-state index in [2.05, 4.69) is 5.32 Å². The maximum Gasteiger partial charge on any atom is 0.253 e. The van der Waals surface area contributed by atoms with Crippen LogP contribution in [-0.4, -0.2) is 43.5 Å². The predicted molar refractivity (Wildman–Crippen MR) is 101 cm³/mol. The molecule has 1 aliphatic heterocycles. The van der Waals surface area contributed by atoms with Crippen molar-refractivity contribution in [2.24, 2.45) is 0 Å². The molecule has 5 heteroatoms. The van der Waals surface area contributed by atoms with Crippen molar-refractivity contribution in [3.63, 3.8) is 0 Å². The molecular weight excluding hydrogens is 328 g/mol. The molecule has 0 aliphatic carbocycles. The van der Waals surface area contributed by atoms with Gasteiger partial charge in [-0.15, -0.1) is 0 Å². The third kappa shape index (κ3) is 4.42. The van der Waals surface area contributed by atoms with Crippen LogP contribution in [0.5, 0.6) is 5.75 Å². The van der Waals surface area contributed by atoms with Gasteiger partial charge >= 0.3 is 0 Å². The lowest BCUT2D eigenvalue weighted by Gasteiger charge is -2.15. The van der Waals surface area contributed by atoms with E-state index >= 15 is 0 Å². The van der Waals surface area contributed by atoms with Gasteiger partial charge in [0.1, 0.15) is 5.75 Å². The second-order valence-electron chi connectivity index (χ2n) is 6.43. The standard InChI is InChI=1S/C21H24N2O3/c1-26-19-9-7-16(8-10-19)11-12-22-20(24)17-5-4-6-18(15-17)21(25)23-13-2-3-14-23/h4-10,15H,2-3,11-14H2,1H3,(H,22,24). The number of hydrogen-bond donors (Lipinski definition) is 1. The minimum Gasteiger partial charge on any atom is -0.497 e. The molecule has 5 nitrogen and oxygen atoms in total. The third-order valence-electron chi connectivity index (χ3n) is 4.62. The fraction of sp³-hybridized carbons (Fsp3) is 0.333. The summed E-state index contributed by atoms with van der Waals surface area (Å²) in [5.41, 5.74) is 2.23. The number of methoxy groups -OCH3 is 1. The van der Waals surface area contributed by atoms with Crippen molar-refractivity contribution in [1.82, 2.24) is 10.2 Å². The average Bonchev–Trinajstić information content (AvgIpc) is 3.23. The van der Waals surface area contributed by atoms with Crippen LogP contribution in [-0.2, 0) is 6.42 Å². The first kappa shape index (κ1) is 18.0. The molecule has 26 heavy (non-hydrogen) atoms. The SMILES string of the molecule is COc1ccc(CCNC(=O)c2cccc(C(=O)N3CCCC3)c2)cc1. The van der Waals surface area contributed by atoms with Gasteiger partial charge < -0.3 is 15.0 Å². The van der Waals surface area contributed by atoms with Gasteiger partial charge in [-0.1, -0.05) is 18.2 Å². The Bertz CT molecular complexity index is 765. The smallest absolute Gasteiger partial charge is 0.253 e. The largest absolute Gasteiger partial charge is 0.497 e. The highest BCUT2D eigenvalue weighted by molar-refractivity contribution is 5.99. The number of amides is 2. The molecule has 0 spiro atoms. The number of benzene rings is 2. The first-order valence-corrected chi connectivity index (χ1v) is 8.98. The highest BCUT2D eigenvalue weighted by Crippen LogP contribution is 2.14. The molecule has 2 aromatic rings. The summed E-state index contributed by atoms with van der Waals surface area (Å²) < 4.78 is 5.14. The van der Waals surface area contributed by atoms with Gasteiger partial charge in [0.05, 0.1) is 7.11 Å². The number of rotatable bonds is 6. The van der Waals surface area contributed by atoms with E-state index in [1.807, 2.05) is 29.2 Å². The van der Waals surface area contributed by atoms with Crippen molar-refractivity contribution in [2.45, 2.75) is 19.3 Å². The van der Waals surface area contributed by atoms with E-state index in [0.29, 0.717) is 17.7 Å². The Morgan fingerprint density at radius 1 is 1.04 bits per heavy atom. The number of hydrogen-bond acceptors (Lipinski definition) is 3. The fourth-order valence-corrected chi connectivity index (χ4v) is 3.11. The van der Waals surface area contributed by atoms with Gasteiger partial charge in [0, 0.05) is 30.8 Å². The monoisotopic (exact) mass is 352 g/mol. The molecule has 1 fully saturated rings. The van der Waals surface area contributed by atoms with Crippen LogP contribution in [0.4, 0.5) is 0 Å². The van der Waals surface area contributed by atoms with E-state index in [4.69, 9.17) is 4.74 Å². The molecule has 1 aliphatic rings. The molecule has 0 unspecified atom stereocenters. The summed E-state index contributed by atoms with van der Waals surface area (Å²) in [5, 5.41) is 2.92. The summed E-state index contributed by atoms with van der Waals surface area (Å²) in [6.07, 6.45) is 2.84. The molecule has 3 rings (SSSR count). The Balaban J connectivity index is 1.55. The second-order valence-corrected chi connectivity index (χ2v) is 6.43. The van der Waals surface area contributed by atoms with Gasteiger partial charge in [0.2, 0.25) is 0 Å². The predicted octanol–water partition coefficient (Wildman–Crippen LogP) is 2.90. The number of carbonyl (C=O) groups excluding carboxylic acids is 2. The number of likely N-dealkylation sites (tertiary alicyclic amines) is 1. The molecule has 1 N–H and O–H groups in total. The van der Waals surface area contributed by atoms with E-state index in [-0.39, 0.29) is 11.8 Å². The van der Waals surface area contributed by atoms with E-state index in [1.165, 1.54) is 0 Å². The van der Waals surface area contributed by atoms with Gasteiger partial charge in [0.15, 0.2) is 0 Å². The molecule has 2 amide bonds. The topological polar surface area (TPSA) is 58.6 Å². The Morgan fingerprint density at radius 3 is 2.42 bits per heavy atom. The van der Waals surface area contributed by atoms with Crippen LogP contribution in [0.2, 0.25) is 0 Å². The summed E-state index contributed by atoms with van der Waals surface area (Å²) in [7, 11) is 1.64. The van der Waals surface area contributed by atoms with Crippen LogP contribution in [0.15, 0.2) is 48.5 Å². The molecule has 1 saturated heterocycles. The van der Waals surface area contributed by atoms with Gasteiger partial charge in [-0.05, 0) is 55.2 Å². The Hall–Kier alpha value is -2.82. The molecule has 0 bridgehead atoms. The summed E-state index contributed by atoms with van der Waals surface area (Å²) in [6, 6.07) is 14.7. The highest BCUT2D eigenvalue weighted by atomic mass is 16.5. The summed E-state index contributed by atoms with van der Waals surface area (Å²) in [4.78, 5) is 26.7. The van der Waals surface area contributed by atoms with Gasteiger partial charge in [-0.2, -0.15) is 0 Å². The molecule has 0 aromatic heterocycles. The zero-order chi connectivity index (χ0) is 18.4. The van der Waals surface area contributed by atoms with Crippen molar-refractivity contribution in [2.75, 3.05) is 26.7 Å².